The molecule has 0 spiro atoms. The van der Waals surface area contributed by atoms with Gasteiger partial charge in [0.25, 0.3) is 5.91 Å². The Morgan fingerprint density at radius 1 is 1.23 bits per heavy atom. The van der Waals surface area contributed by atoms with Gasteiger partial charge in [-0.15, -0.1) is 11.3 Å². The molecule has 4 rings (SSSR count). The van der Waals surface area contributed by atoms with Gasteiger partial charge in [-0.05, 0) is 47.9 Å². The van der Waals surface area contributed by atoms with Crippen molar-refractivity contribution in [2.24, 2.45) is 5.92 Å². The molecule has 1 saturated heterocycles. The number of esters is 1. The number of benzene rings is 1. The van der Waals surface area contributed by atoms with E-state index in [1.54, 1.807) is 0 Å². The second-order valence-electron chi connectivity index (χ2n) is 8.42. The van der Waals surface area contributed by atoms with E-state index in [1.807, 2.05) is 24.3 Å². The molecule has 1 amide bonds. The Morgan fingerprint density at radius 3 is 2.81 bits per heavy atom. The molecule has 1 aliphatic heterocycles. The van der Waals surface area contributed by atoms with Gasteiger partial charge < -0.3 is 14.8 Å². The predicted octanol–water partition coefficient (Wildman–Crippen LogP) is 3.18. The number of fused-ring (bicyclic) bond motifs is 1. The normalized spacial score (nSPS) is 18.9. The highest BCUT2D eigenvalue weighted by atomic mass is 32.1. The minimum atomic E-state index is -0.407. The molecular formula is C24H30N2O4S. The highest BCUT2D eigenvalue weighted by Crippen LogP contribution is 2.32. The third-order valence-corrected chi connectivity index (χ3v) is 7.17. The standard InChI is InChI=1S/C24H30N2O4S/c1-17-6-7-21-20(12-17)13-22(31-21)24(28)30-16-23(27)25-14-18-4-2-3-5-19(18)15-26-8-10-29-11-9-26/h2-5,13,17H,6-12,14-16H2,1H3,(H,25,27). The van der Waals surface area contributed by atoms with Gasteiger partial charge in [-0.1, -0.05) is 31.2 Å². The van der Waals surface area contributed by atoms with Crippen molar-refractivity contribution in [2.45, 2.75) is 39.3 Å². The van der Waals surface area contributed by atoms with E-state index < -0.39 is 5.97 Å². The van der Waals surface area contributed by atoms with E-state index in [2.05, 4.69) is 23.2 Å². The quantitative estimate of drug-likeness (QED) is 0.667. The van der Waals surface area contributed by atoms with Gasteiger partial charge in [0.05, 0.1) is 13.2 Å². The lowest BCUT2D eigenvalue weighted by Gasteiger charge is -2.27. The van der Waals surface area contributed by atoms with E-state index in [0.29, 0.717) is 17.3 Å². The van der Waals surface area contributed by atoms with Crippen LogP contribution in [0.5, 0.6) is 0 Å². The highest BCUT2D eigenvalue weighted by molar-refractivity contribution is 7.14. The molecule has 6 nitrogen and oxygen atoms in total. The number of hydrogen-bond donors (Lipinski definition) is 1. The fourth-order valence-electron chi connectivity index (χ4n) is 4.14. The zero-order valence-electron chi connectivity index (χ0n) is 18.0. The lowest BCUT2D eigenvalue weighted by Crippen LogP contribution is -2.36. The average Bonchev–Trinajstić information content (AvgIpc) is 3.21. The Labute approximate surface area is 187 Å². The Kier molecular flexibility index (Phi) is 7.37. The number of ether oxygens (including phenoxy) is 2. The third kappa shape index (κ3) is 5.93. The Morgan fingerprint density at radius 2 is 2.00 bits per heavy atom. The lowest BCUT2D eigenvalue weighted by atomic mass is 9.90. The third-order valence-electron chi connectivity index (χ3n) is 5.96. The van der Waals surface area contributed by atoms with Crippen molar-refractivity contribution in [3.63, 3.8) is 0 Å². The summed E-state index contributed by atoms with van der Waals surface area (Å²) in [6.45, 7) is 6.59. The number of thiophene rings is 1. The largest absolute Gasteiger partial charge is 0.451 e. The highest BCUT2D eigenvalue weighted by Gasteiger charge is 2.22. The predicted molar refractivity (Wildman–Crippen MR) is 120 cm³/mol. The van der Waals surface area contributed by atoms with E-state index in [9.17, 15) is 9.59 Å². The summed E-state index contributed by atoms with van der Waals surface area (Å²) < 4.78 is 10.7. The zero-order chi connectivity index (χ0) is 21.6. The molecule has 1 aromatic carbocycles. The average molecular weight is 443 g/mol. The Balaban J connectivity index is 1.26. The number of amides is 1. The number of carbonyl (C=O) groups excluding carboxylic acids is 2. The van der Waals surface area contributed by atoms with E-state index in [1.165, 1.54) is 27.3 Å². The van der Waals surface area contributed by atoms with Crippen LogP contribution in [-0.4, -0.2) is 49.7 Å². The smallest absolute Gasteiger partial charge is 0.348 e. The summed E-state index contributed by atoms with van der Waals surface area (Å²) in [5.41, 5.74) is 3.53. The summed E-state index contributed by atoms with van der Waals surface area (Å²) in [6.07, 6.45) is 3.21. The van der Waals surface area contributed by atoms with Crippen LogP contribution >= 0.6 is 11.3 Å². The van der Waals surface area contributed by atoms with Gasteiger partial charge in [0.2, 0.25) is 0 Å². The van der Waals surface area contributed by atoms with Gasteiger partial charge in [-0.25, -0.2) is 4.79 Å². The second kappa shape index (κ2) is 10.4. The number of hydrogen-bond acceptors (Lipinski definition) is 6. The molecule has 166 valence electrons. The summed E-state index contributed by atoms with van der Waals surface area (Å²) >= 11 is 1.51. The fourth-order valence-corrected chi connectivity index (χ4v) is 5.24. The maximum atomic E-state index is 12.4. The molecule has 1 aliphatic carbocycles. The molecule has 1 fully saturated rings. The lowest BCUT2D eigenvalue weighted by molar-refractivity contribution is -0.124. The maximum absolute atomic E-state index is 12.4. The van der Waals surface area contributed by atoms with Gasteiger partial charge >= 0.3 is 5.97 Å². The van der Waals surface area contributed by atoms with Crippen LogP contribution in [0.25, 0.3) is 0 Å². The number of nitrogens with one attached hydrogen (secondary N) is 1. The molecule has 1 unspecified atom stereocenters. The van der Waals surface area contributed by atoms with Crippen molar-refractivity contribution in [3.05, 3.63) is 56.8 Å². The first kappa shape index (κ1) is 22.0. The minimum absolute atomic E-state index is 0.260. The van der Waals surface area contributed by atoms with Crippen LogP contribution in [0.2, 0.25) is 0 Å². The number of rotatable bonds is 7. The number of morpholine rings is 1. The van der Waals surface area contributed by atoms with E-state index in [0.717, 1.165) is 57.7 Å². The topological polar surface area (TPSA) is 67.9 Å². The van der Waals surface area contributed by atoms with Crippen molar-refractivity contribution < 1.29 is 19.1 Å². The van der Waals surface area contributed by atoms with Crippen molar-refractivity contribution >= 4 is 23.2 Å². The monoisotopic (exact) mass is 442 g/mol. The van der Waals surface area contributed by atoms with Crippen LogP contribution in [-0.2, 0) is 40.2 Å². The van der Waals surface area contributed by atoms with Gasteiger partial charge in [-0.3, -0.25) is 9.69 Å². The first-order valence-electron chi connectivity index (χ1n) is 11.0. The van der Waals surface area contributed by atoms with Crippen LogP contribution in [0.15, 0.2) is 30.3 Å². The molecule has 1 aromatic heterocycles. The van der Waals surface area contributed by atoms with Crippen molar-refractivity contribution in [3.8, 4) is 0 Å². The van der Waals surface area contributed by atoms with Gasteiger partial charge in [0, 0.05) is 31.1 Å². The van der Waals surface area contributed by atoms with Crippen molar-refractivity contribution in [2.75, 3.05) is 32.9 Å². The number of carbonyl (C=O) groups is 2. The first-order chi connectivity index (χ1) is 15.1. The maximum Gasteiger partial charge on any atom is 0.348 e. The molecule has 0 saturated carbocycles. The molecule has 2 heterocycles. The van der Waals surface area contributed by atoms with Gasteiger partial charge in [0.1, 0.15) is 4.88 Å². The molecular weight excluding hydrogens is 412 g/mol. The summed E-state index contributed by atoms with van der Waals surface area (Å²) in [6, 6.07) is 10.1. The van der Waals surface area contributed by atoms with Crippen LogP contribution < -0.4 is 5.32 Å². The molecule has 0 bridgehead atoms. The Bertz CT molecular complexity index is 920. The number of nitrogens with zero attached hydrogens (tertiary/aromatic N) is 1. The van der Waals surface area contributed by atoms with Crippen LogP contribution in [0.1, 0.15) is 44.6 Å². The molecule has 2 aromatic rings. The molecule has 2 aliphatic rings. The fraction of sp³-hybridized carbons (Fsp3) is 0.500. The second-order valence-corrected chi connectivity index (χ2v) is 9.55. The first-order valence-corrected chi connectivity index (χ1v) is 11.8. The summed E-state index contributed by atoms with van der Waals surface area (Å²) in [4.78, 5) is 28.9. The zero-order valence-corrected chi connectivity index (χ0v) is 18.8. The van der Waals surface area contributed by atoms with Crippen LogP contribution in [0.4, 0.5) is 0 Å². The molecule has 1 N–H and O–H groups in total. The number of aryl methyl sites for hydroxylation is 1. The molecule has 0 radical (unpaired) electrons. The summed E-state index contributed by atoms with van der Waals surface area (Å²) in [5, 5.41) is 2.88. The van der Waals surface area contributed by atoms with E-state index in [4.69, 9.17) is 9.47 Å². The minimum Gasteiger partial charge on any atom is -0.451 e. The van der Waals surface area contributed by atoms with Crippen molar-refractivity contribution in [1.29, 1.82) is 0 Å². The molecule has 1 atom stereocenters. The van der Waals surface area contributed by atoms with Crippen LogP contribution in [0.3, 0.4) is 0 Å². The van der Waals surface area contributed by atoms with Gasteiger partial charge in [0.15, 0.2) is 6.61 Å². The summed E-state index contributed by atoms with van der Waals surface area (Å²) in [5.74, 6) is -0.0396. The van der Waals surface area contributed by atoms with Gasteiger partial charge in [-0.2, -0.15) is 0 Å². The summed E-state index contributed by atoms with van der Waals surface area (Å²) in [7, 11) is 0. The van der Waals surface area contributed by atoms with E-state index in [-0.39, 0.29) is 12.5 Å². The van der Waals surface area contributed by atoms with Crippen molar-refractivity contribution in [1.82, 2.24) is 10.2 Å². The Hall–Kier alpha value is -2.22. The SMILES string of the molecule is CC1CCc2sc(C(=O)OCC(=O)NCc3ccccc3CN3CCOCC3)cc2C1. The molecule has 7 heteroatoms. The molecule has 31 heavy (non-hydrogen) atoms. The van der Waals surface area contributed by atoms with Crippen LogP contribution in [0, 0.1) is 5.92 Å². The van der Waals surface area contributed by atoms with E-state index >= 15 is 0 Å².